The molecule has 1 unspecified atom stereocenters. The number of fused-ring (bicyclic) bond motifs is 2. The summed E-state index contributed by atoms with van der Waals surface area (Å²) in [6.45, 7) is 2.87. The number of benzene rings is 1. The number of ketones is 1. The van der Waals surface area contributed by atoms with Crippen LogP contribution in [-0.2, 0) is 10.3 Å². The third-order valence-electron chi connectivity index (χ3n) is 5.30. The lowest BCUT2D eigenvalue weighted by Crippen LogP contribution is -2.46. The predicted molar refractivity (Wildman–Crippen MR) is 89.7 cm³/mol. The number of rotatable bonds is 4. The Morgan fingerprint density at radius 2 is 2.13 bits per heavy atom. The molecule has 2 atom stereocenters. The van der Waals surface area contributed by atoms with Crippen LogP contribution in [0.4, 0.5) is 0 Å². The van der Waals surface area contributed by atoms with Crippen LogP contribution in [0.25, 0.3) is 0 Å². The van der Waals surface area contributed by atoms with Gasteiger partial charge in [-0.15, -0.1) is 11.6 Å². The smallest absolute Gasteiger partial charge is 0.133 e. The summed E-state index contributed by atoms with van der Waals surface area (Å²) >= 11 is 6.78. The van der Waals surface area contributed by atoms with Gasteiger partial charge in [0.15, 0.2) is 0 Å². The van der Waals surface area contributed by atoms with E-state index in [9.17, 15) is 9.90 Å². The van der Waals surface area contributed by atoms with Crippen molar-refractivity contribution < 1.29 is 14.6 Å². The molecule has 23 heavy (non-hydrogen) atoms. The summed E-state index contributed by atoms with van der Waals surface area (Å²) in [6.07, 6.45) is 2.75. The van der Waals surface area contributed by atoms with E-state index in [1.165, 1.54) is 5.56 Å². The van der Waals surface area contributed by atoms with Crippen molar-refractivity contribution in [3.05, 3.63) is 29.3 Å². The van der Waals surface area contributed by atoms with E-state index in [1.54, 1.807) is 7.11 Å². The van der Waals surface area contributed by atoms with Crippen molar-refractivity contribution in [2.75, 3.05) is 20.3 Å². The van der Waals surface area contributed by atoms with Gasteiger partial charge in [0, 0.05) is 31.5 Å². The van der Waals surface area contributed by atoms with Crippen molar-refractivity contribution in [2.45, 2.75) is 43.6 Å². The Hall–Kier alpha value is -1.10. The number of hydrogen-bond donors (Lipinski definition) is 1. The first-order valence-corrected chi connectivity index (χ1v) is 8.67. The Balaban J connectivity index is 2.05. The normalized spacial score (nSPS) is 24.7. The second kappa shape index (κ2) is 6.42. The highest BCUT2D eigenvalue weighted by molar-refractivity contribution is 6.21. The molecule has 5 heteroatoms. The molecule has 1 aromatic carbocycles. The average molecular weight is 338 g/mol. The summed E-state index contributed by atoms with van der Waals surface area (Å²) in [6, 6.07) is 6.05. The number of carbonyl (C=O) groups excluding carboxylic acids is 1. The van der Waals surface area contributed by atoms with Crippen LogP contribution in [0.2, 0.25) is 0 Å². The lowest BCUT2D eigenvalue weighted by Gasteiger charge is -2.44. The molecule has 1 N–H and O–H groups in total. The van der Waals surface area contributed by atoms with Crippen LogP contribution in [0.5, 0.6) is 5.75 Å². The van der Waals surface area contributed by atoms with Gasteiger partial charge in [0.25, 0.3) is 0 Å². The molecule has 1 aliphatic heterocycles. The first-order valence-electron chi connectivity index (χ1n) is 8.23. The highest BCUT2D eigenvalue weighted by Gasteiger charge is 2.51. The number of halogens is 1. The third kappa shape index (κ3) is 2.77. The summed E-state index contributed by atoms with van der Waals surface area (Å²) in [4.78, 5) is 14.1. The standard InChI is InChI=1S/C18H24ClNO3/c1-12(11-21)10-20-17(19)15-4-3-14(23-2)9-16(15)18(20)7-5-13(22)6-8-18/h3-4,9,12,17,21H,5-8,10-11H2,1-2H3/t12-,17?/m1/s1. The van der Waals surface area contributed by atoms with Crippen LogP contribution in [0.3, 0.4) is 0 Å². The molecule has 0 aromatic heterocycles. The van der Waals surface area contributed by atoms with Crippen LogP contribution in [0.15, 0.2) is 18.2 Å². The monoisotopic (exact) mass is 337 g/mol. The number of aliphatic hydroxyl groups excluding tert-OH is 1. The molecular weight excluding hydrogens is 314 g/mol. The van der Waals surface area contributed by atoms with Gasteiger partial charge in [0.2, 0.25) is 0 Å². The van der Waals surface area contributed by atoms with Crippen molar-refractivity contribution in [1.82, 2.24) is 4.90 Å². The van der Waals surface area contributed by atoms with Crippen molar-refractivity contribution in [1.29, 1.82) is 0 Å². The van der Waals surface area contributed by atoms with Gasteiger partial charge >= 0.3 is 0 Å². The summed E-state index contributed by atoms with van der Waals surface area (Å²) in [7, 11) is 1.66. The van der Waals surface area contributed by atoms with Gasteiger partial charge < -0.3 is 9.84 Å². The van der Waals surface area contributed by atoms with E-state index in [4.69, 9.17) is 16.3 Å². The topological polar surface area (TPSA) is 49.8 Å². The van der Waals surface area contributed by atoms with Gasteiger partial charge in [0.1, 0.15) is 17.0 Å². The highest BCUT2D eigenvalue weighted by atomic mass is 35.5. The maximum Gasteiger partial charge on any atom is 0.133 e. The van der Waals surface area contributed by atoms with E-state index in [0.717, 1.165) is 30.7 Å². The van der Waals surface area contributed by atoms with Crippen LogP contribution in [-0.4, -0.2) is 36.1 Å². The van der Waals surface area contributed by atoms with Crippen molar-refractivity contribution in [2.24, 2.45) is 5.92 Å². The molecule has 0 saturated heterocycles. The second-order valence-corrected chi connectivity index (χ2v) is 7.21. The van der Waals surface area contributed by atoms with Crippen molar-refractivity contribution in [3.63, 3.8) is 0 Å². The van der Waals surface area contributed by atoms with E-state index in [2.05, 4.69) is 11.0 Å². The first-order chi connectivity index (χ1) is 11.0. The Morgan fingerprint density at radius 1 is 1.43 bits per heavy atom. The number of aliphatic hydroxyl groups is 1. The van der Waals surface area contributed by atoms with E-state index < -0.39 is 0 Å². The van der Waals surface area contributed by atoms with Crippen LogP contribution in [0.1, 0.15) is 49.2 Å². The molecule has 1 aliphatic carbocycles. The fraction of sp³-hybridized carbons (Fsp3) is 0.611. The zero-order valence-electron chi connectivity index (χ0n) is 13.7. The number of hydrogen-bond acceptors (Lipinski definition) is 4. The minimum atomic E-state index is -0.224. The molecule has 0 radical (unpaired) electrons. The molecule has 1 fully saturated rings. The second-order valence-electron chi connectivity index (χ2n) is 6.80. The minimum absolute atomic E-state index is 0.134. The molecule has 2 aliphatic rings. The largest absolute Gasteiger partial charge is 0.497 e. The Bertz CT molecular complexity index is 594. The number of alkyl halides is 1. The highest BCUT2D eigenvalue weighted by Crippen LogP contribution is 2.55. The number of ether oxygens (including phenoxy) is 1. The molecule has 126 valence electrons. The zero-order valence-corrected chi connectivity index (χ0v) is 14.5. The van der Waals surface area contributed by atoms with E-state index in [1.807, 2.05) is 19.1 Å². The fourth-order valence-corrected chi connectivity index (χ4v) is 4.43. The molecule has 4 nitrogen and oxygen atoms in total. The van der Waals surface area contributed by atoms with Crippen LogP contribution in [0, 0.1) is 5.92 Å². The summed E-state index contributed by atoms with van der Waals surface area (Å²) in [5, 5.41) is 9.47. The summed E-state index contributed by atoms with van der Waals surface area (Å²) < 4.78 is 5.40. The fourth-order valence-electron chi connectivity index (χ4n) is 3.97. The van der Waals surface area contributed by atoms with Crippen molar-refractivity contribution in [3.8, 4) is 5.75 Å². The third-order valence-corrected chi connectivity index (χ3v) is 5.77. The minimum Gasteiger partial charge on any atom is -0.497 e. The number of carbonyl (C=O) groups is 1. The number of nitrogens with zero attached hydrogens (tertiary/aromatic N) is 1. The molecule has 1 saturated carbocycles. The molecule has 0 bridgehead atoms. The zero-order chi connectivity index (χ0) is 16.6. The summed E-state index contributed by atoms with van der Waals surface area (Å²) in [5.74, 6) is 1.29. The van der Waals surface area contributed by atoms with Crippen LogP contribution < -0.4 is 4.74 Å². The van der Waals surface area contributed by atoms with Gasteiger partial charge in [-0.2, -0.15) is 0 Å². The first kappa shape index (κ1) is 16.7. The van der Waals surface area contributed by atoms with Gasteiger partial charge in [-0.05, 0) is 42.0 Å². The van der Waals surface area contributed by atoms with E-state index in [0.29, 0.717) is 18.6 Å². The van der Waals surface area contributed by atoms with Gasteiger partial charge in [-0.3, -0.25) is 9.69 Å². The van der Waals surface area contributed by atoms with Gasteiger partial charge in [-0.25, -0.2) is 0 Å². The van der Waals surface area contributed by atoms with E-state index in [-0.39, 0.29) is 23.6 Å². The lowest BCUT2D eigenvalue weighted by molar-refractivity contribution is -0.123. The molecule has 3 rings (SSSR count). The van der Waals surface area contributed by atoms with Crippen molar-refractivity contribution >= 4 is 17.4 Å². The molecule has 0 amide bonds. The molecule has 1 aromatic rings. The van der Waals surface area contributed by atoms with Gasteiger partial charge in [0.05, 0.1) is 7.11 Å². The molecular formula is C18H24ClNO3. The maximum absolute atomic E-state index is 11.8. The maximum atomic E-state index is 11.8. The lowest BCUT2D eigenvalue weighted by atomic mass is 9.76. The van der Waals surface area contributed by atoms with E-state index >= 15 is 0 Å². The predicted octanol–water partition coefficient (Wildman–Crippen LogP) is 3.22. The number of methoxy groups -OCH3 is 1. The Labute approximate surface area is 142 Å². The Morgan fingerprint density at radius 3 is 2.74 bits per heavy atom. The SMILES string of the molecule is COc1ccc2c(c1)C1(CCC(=O)CC1)N(C[C@@H](C)CO)C2Cl. The Kier molecular flexibility index (Phi) is 4.68. The van der Waals surface area contributed by atoms with Gasteiger partial charge in [-0.1, -0.05) is 13.0 Å². The average Bonchev–Trinajstić information content (AvgIpc) is 2.79. The molecule has 1 heterocycles. The quantitative estimate of drug-likeness (QED) is 0.677. The van der Waals surface area contributed by atoms with Crippen LogP contribution >= 0.6 is 11.6 Å². The number of Topliss-reactive ketones (excluding diaryl/α,β-unsaturated/α-hetero) is 1. The summed E-state index contributed by atoms with van der Waals surface area (Å²) in [5.41, 5.74) is 1.85. The molecule has 1 spiro atoms.